The summed E-state index contributed by atoms with van der Waals surface area (Å²) >= 11 is 0. The molecule has 2 unspecified atom stereocenters. The van der Waals surface area contributed by atoms with Gasteiger partial charge in [0.15, 0.2) is 0 Å². The second-order valence-corrected chi connectivity index (χ2v) is 6.71. The highest BCUT2D eigenvalue weighted by Gasteiger charge is 2.62. The van der Waals surface area contributed by atoms with Crippen molar-refractivity contribution in [3.8, 4) is 0 Å². The Morgan fingerprint density at radius 2 is 1.60 bits per heavy atom. The van der Waals surface area contributed by atoms with E-state index in [1.807, 2.05) is 0 Å². The molecule has 0 saturated heterocycles. The van der Waals surface area contributed by atoms with Crippen LogP contribution in [-0.2, 0) is 0 Å². The molecule has 2 heteroatoms. The molecule has 15 heavy (non-hydrogen) atoms. The highest BCUT2D eigenvalue weighted by Crippen LogP contribution is 2.64. The third kappa shape index (κ3) is 1.45. The van der Waals surface area contributed by atoms with Gasteiger partial charge in [-0.1, -0.05) is 13.3 Å². The van der Waals surface area contributed by atoms with Crippen LogP contribution in [0.5, 0.6) is 0 Å². The Labute approximate surface area is 91.7 Å². The predicted molar refractivity (Wildman–Crippen MR) is 58.4 cm³/mol. The molecular weight excluding hydrogens is 188 g/mol. The maximum Gasteiger partial charge on any atom is 0.0683 e. The quantitative estimate of drug-likeness (QED) is 0.733. The maximum absolute atomic E-state index is 10.5. The van der Waals surface area contributed by atoms with E-state index >= 15 is 0 Å². The summed E-state index contributed by atoms with van der Waals surface area (Å²) in [5.41, 5.74) is -0.773. The fraction of sp³-hybridized carbons (Fsp3) is 1.00. The van der Waals surface area contributed by atoms with Gasteiger partial charge >= 0.3 is 0 Å². The zero-order valence-electron chi connectivity index (χ0n) is 9.63. The second-order valence-electron chi connectivity index (χ2n) is 6.71. The number of hydrogen-bond acceptors (Lipinski definition) is 2. The standard InChI is InChI=1S/C13H22O2/c1-2-3-11-4-10-5-12(14,7-11)9-13(15,6-10)8-11/h10,14-15H,2-9H2,1H3. The molecule has 4 bridgehead atoms. The molecule has 2 atom stereocenters. The second kappa shape index (κ2) is 2.78. The molecule has 4 saturated carbocycles. The van der Waals surface area contributed by atoms with Crippen molar-refractivity contribution in [1.29, 1.82) is 0 Å². The lowest BCUT2D eigenvalue weighted by Crippen LogP contribution is -2.63. The SMILES string of the molecule is CCCC12CC3CC(O)(CC(O)(C3)C1)C2. The van der Waals surface area contributed by atoms with Gasteiger partial charge in [-0.25, -0.2) is 0 Å². The normalized spacial score (nSPS) is 57.4. The molecule has 4 aliphatic rings. The van der Waals surface area contributed by atoms with Gasteiger partial charge in [0.2, 0.25) is 0 Å². The van der Waals surface area contributed by atoms with Crippen molar-refractivity contribution in [2.24, 2.45) is 11.3 Å². The zero-order valence-corrected chi connectivity index (χ0v) is 9.63. The van der Waals surface area contributed by atoms with Gasteiger partial charge in [0, 0.05) is 6.42 Å². The van der Waals surface area contributed by atoms with Gasteiger partial charge in [0.1, 0.15) is 0 Å². The summed E-state index contributed by atoms with van der Waals surface area (Å²) < 4.78 is 0. The monoisotopic (exact) mass is 210 g/mol. The Bertz CT molecular complexity index is 268. The van der Waals surface area contributed by atoms with Crippen LogP contribution in [0.2, 0.25) is 0 Å². The molecule has 0 aromatic carbocycles. The highest BCUT2D eigenvalue weighted by molar-refractivity contribution is 5.14. The van der Waals surface area contributed by atoms with E-state index < -0.39 is 11.2 Å². The summed E-state index contributed by atoms with van der Waals surface area (Å²) in [6.45, 7) is 2.21. The van der Waals surface area contributed by atoms with Gasteiger partial charge in [0.25, 0.3) is 0 Å². The Morgan fingerprint density at radius 3 is 2.07 bits per heavy atom. The lowest BCUT2D eigenvalue weighted by atomic mass is 9.45. The average Bonchev–Trinajstić information content (AvgIpc) is 1.94. The van der Waals surface area contributed by atoms with Crippen molar-refractivity contribution < 1.29 is 10.2 Å². The van der Waals surface area contributed by atoms with Gasteiger partial charge in [-0.3, -0.25) is 0 Å². The van der Waals surface area contributed by atoms with E-state index in [0.29, 0.717) is 12.3 Å². The summed E-state index contributed by atoms with van der Waals surface area (Å²) in [4.78, 5) is 0. The Kier molecular flexibility index (Phi) is 1.87. The molecule has 0 amide bonds. The summed E-state index contributed by atoms with van der Waals surface area (Å²) in [5.74, 6) is 0.586. The van der Waals surface area contributed by atoms with Crippen molar-refractivity contribution in [3.05, 3.63) is 0 Å². The molecule has 2 nitrogen and oxygen atoms in total. The van der Waals surface area contributed by atoms with E-state index in [1.165, 1.54) is 19.3 Å². The molecule has 86 valence electrons. The molecule has 0 radical (unpaired) electrons. The molecule has 2 N–H and O–H groups in total. The first kappa shape index (κ1) is 10.1. The van der Waals surface area contributed by atoms with E-state index in [0.717, 1.165) is 25.7 Å². The number of rotatable bonds is 2. The molecule has 0 heterocycles. The zero-order chi connectivity index (χ0) is 10.7. The maximum atomic E-state index is 10.5. The lowest BCUT2D eigenvalue weighted by molar-refractivity contribution is -0.231. The van der Waals surface area contributed by atoms with Gasteiger partial charge in [-0.2, -0.15) is 0 Å². The van der Waals surface area contributed by atoms with E-state index in [9.17, 15) is 10.2 Å². The molecular formula is C13H22O2. The van der Waals surface area contributed by atoms with Crippen molar-refractivity contribution in [2.75, 3.05) is 0 Å². The summed E-state index contributed by atoms with van der Waals surface area (Å²) in [6.07, 6.45) is 8.06. The van der Waals surface area contributed by atoms with Crippen LogP contribution >= 0.6 is 0 Å². The predicted octanol–water partition coefficient (Wildman–Crippen LogP) is 2.23. The topological polar surface area (TPSA) is 40.5 Å². The summed E-state index contributed by atoms with van der Waals surface area (Å²) in [5, 5.41) is 21.0. The first-order chi connectivity index (χ1) is 6.97. The van der Waals surface area contributed by atoms with Crippen LogP contribution in [0.15, 0.2) is 0 Å². The van der Waals surface area contributed by atoms with E-state index in [-0.39, 0.29) is 5.41 Å². The van der Waals surface area contributed by atoms with E-state index in [2.05, 4.69) is 6.92 Å². The van der Waals surface area contributed by atoms with Crippen molar-refractivity contribution >= 4 is 0 Å². The van der Waals surface area contributed by atoms with E-state index in [1.54, 1.807) is 0 Å². The minimum atomic E-state index is -0.524. The summed E-state index contributed by atoms with van der Waals surface area (Å²) in [7, 11) is 0. The lowest BCUT2D eigenvalue weighted by Gasteiger charge is -2.63. The van der Waals surface area contributed by atoms with Crippen LogP contribution in [0.4, 0.5) is 0 Å². The number of hydrogen-bond donors (Lipinski definition) is 2. The molecule has 0 aromatic rings. The van der Waals surface area contributed by atoms with Crippen LogP contribution in [0.3, 0.4) is 0 Å². The fourth-order valence-electron chi connectivity index (χ4n) is 5.34. The molecule has 4 rings (SSSR count). The first-order valence-corrected chi connectivity index (χ1v) is 6.41. The highest BCUT2D eigenvalue weighted by atomic mass is 16.3. The third-order valence-corrected chi connectivity index (χ3v) is 4.91. The van der Waals surface area contributed by atoms with Gasteiger partial charge in [-0.05, 0) is 49.9 Å². The Morgan fingerprint density at radius 1 is 1.00 bits per heavy atom. The molecule has 4 fully saturated rings. The minimum absolute atomic E-state index is 0.275. The van der Waals surface area contributed by atoms with Crippen LogP contribution < -0.4 is 0 Å². The first-order valence-electron chi connectivity index (χ1n) is 6.41. The Hall–Kier alpha value is -0.0800. The molecule has 0 spiro atoms. The largest absolute Gasteiger partial charge is 0.390 e. The van der Waals surface area contributed by atoms with Gasteiger partial charge in [-0.15, -0.1) is 0 Å². The molecule has 4 aliphatic carbocycles. The van der Waals surface area contributed by atoms with Gasteiger partial charge < -0.3 is 10.2 Å². The van der Waals surface area contributed by atoms with Crippen molar-refractivity contribution in [3.63, 3.8) is 0 Å². The molecule has 0 aliphatic heterocycles. The van der Waals surface area contributed by atoms with Crippen LogP contribution in [0.1, 0.15) is 58.3 Å². The van der Waals surface area contributed by atoms with Crippen LogP contribution in [0.25, 0.3) is 0 Å². The van der Waals surface area contributed by atoms with Gasteiger partial charge in [0.05, 0.1) is 11.2 Å². The molecule has 0 aromatic heterocycles. The number of aliphatic hydroxyl groups is 2. The van der Waals surface area contributed by atoms with E-state index in [4.69, 9.17) is 0 Å². The average molecular weight is 210 g/mol. The third-order valence-electron chi connectivity index (χ3n) is 4.91. The minimum Gasteiger partial charge on any atom is -0.390 e. The van der Waals surface area contributed by atoms with Crippen LogP contribution in [-0.4, -0.2) is 21.4 Å². The Balaban J connectivity index is 1.94. The van der Waals surface area contributed by atoms with Crippen molar-refractivity contribution in [1.82, 2.24) is 0 Å². The summed E-state index contributed by atoms with van der Waals surface area (Å²) in [6, 6.07) is 0. The van der Waals surface area contributed by atoms with Crippen LogP contribution in [0, 0.1) is 11.3 Å². The van der Waals surface area contributed by atoms with Crippen molar-refractivity contribution in [2.45, 2.75) is 69.5 Å². The fourth-order valence-corrected chi connectivity index (χ4v) is 5.34. The smallest absolute Gasteiger partial charge is 0.0683 e.